The number of rotatable bonds is 7. The minimum atomic E-state index is -0.715. The lowest BCUT2D eigenvalue weighted by atomic mass is 10.1. The van der Waals surface area contributed by atoms with Gasteiger partial charge in [0.05, 0.1) is 27.1 Å². The van der Waals surface area contributed by atoms with Crippen molar-refractivity contribution in [1.29, 1.82) is 0 Å². The number of carbonyl (C=O) groups is 1. The number of nitrogens with zero attached hydrogens (tertiary/aromatic N) is 2. The van der Waals surface area contributed by atoms with E-state index in [0.29, 0.717) is 28.1 Å². The molecule has 0 saturated carbocycles. The lowest BCUT2D eigenvalue weighted by Gasteiger charge is -2.14. The summed E-state index contributed by atoms with van der Waals surface area (Å²) in [6.07, 6.45) is 1.51. The molecule has 0 amide bonds. The first-order chi connectivity index (χ1) is 16.7. The number of carbonyl (C=O) groups excluding carboxylic acids is 1. The van der Waals surface area contributed by atoms with Crippen LogP contribution in [0.4, 0.5) is 5.69 Å². The first kappa shape index (κ1) is 24.9. The number of methoxy groups -OCH3 is 1. The van der Waals surface area contributed by atoms with Gasteiger partial charge in [-0.1, -0.05) is 39.7 Å². The van der Waals surface area contributed by atoms with Crippen LogP contribution in [0.25, 0.3) is 6.08 Å². The van der Waals surface area contributed by atoms with Crippen molar-refractivity contribution in [3.63, 3.8) is 0 Å². The Morgan fingerprint density at radius 3 is 2.69 bits per heavy atom. The minimum Gasteiger partial charge on any atom is -0.493 e. The zero-order valence-electron chi connectivity index (χ0n) is 18.0. The average Bonchev–Trinajstić information content (AvgIpc) is 3.18. The maximum absolute atomic E-state index is 12.4. The van der Waals surface area contributed by atoms with E-state index in [1.54, 1.807) is 12.1 Å². The maximum Gasteiger partial charge on any atom is 0.363 e. The highest BCUT2D eigenvalue weighted by atomic mass is 79.9. The highest BCUT2D eigenvalue weighted by Crippen LogP contribution is 2.38. The Kier molecular flexibility index (Phi) is 7.54. The SMILES string of the molecule is COc1cc(/C=C2\N=C(c3cc([N+](=O)[O-])ccc3Cl)OC2=O)cc(Br)c1OCc1cccc(Br)c1. The van der Waals surface area contributed by atoms with E-state index in [-0.39, 0.29) is 27.9 Å². The van der Waals surface area contributed by atoms with Gasteiger partial charge >= 0.3 is 5.97 Å². The van der Waals surface area contributed by atoms with Gasteiger partial charge in [0.25, 0.3) is 5.69 Å². The number of benzene rings is 3. The van der Waals surface area contributed by atoms with E-state index in [9.17, 15) is 14.9 Å². The van der Waals surface area contributed by atoms with Crippen molar-refractivity contribution in [2.24, 2.45) is 4.99 Å². The third-order valence-corrected chi connectivity index (χ3v) is 6.25. The predicted molar refractivity (Wildman–Crippen MR) is 138 cm³/mol. The summed E-state index contributed by atoms with van der Waals surface area (Å²) in [5.74, 6) is 0.109. The third-order valence-electron chi connectivity index (χ3n) is 4.84. The Hall–Kier alpha value is -3.21. The van der Waals surface area contributed by atoms with E-state index in [4.69, 9.17) is 25.8 Å². The van der Waals surface area contributed by atoms with Gasteiger partial charge in [-0.15, -0.1) is 0 Å². The summed E-state index contributed by atoms with van der Waals surface area (Å²) < 4.78 is 18.2. The van der Waals surface area contributed by atoms with Gasteiger partial charge in [-0.2, -0.15) is 0 Å². The van der Waals surface area contributed by atoms with Crippen molar-refractivity contribution in [3.8, 4) is 11.5 Å². The molecule has 8 nitrogen and oxygen atoms in total. The number of halogens is 3. The highest BCUT2D eigenvalue weighted by Gasteiger charge is 2.27. The number of non-ortho nitro benzene ring substituents is 1. The van der Waals surface area contributed by atoms with Crippen LogP contribution in [0.15, 0.2) is 74.2 Å². The van der Waals surface area contributed by atoms with Gasteiger partial charge in [0.1, 0.15) is 6.61 Å². The number of ether oxygens (including phenoxy) is 3. The molecule has 0 fully saturated rings. The van der Waals surface area contributed by atoms with Crippen LogP contribution in [-0.2, 0) is 16.1 Å². The van der Waals surface area contributed by atoms with E-state index >= 15 is 0 Å². The van der Waals surface area contributed by atoms with Crippen LogP contribution in [0, 0.1) is 10.1 Å². The molecule has 1 aliphatic heterocycles. The first-order valence-corrected chi connectivity index (χ1v) is 11.9. The quantitative estimate of drug-likeness (QED) is 0.126. The fourth-order valence-corrected chi connectivity index (χ4v) is 4.44. The van der Waals surface area contributed by atoms with E-state index in [0.717, 1.165) is 10.0 Å². The van der Waals surface area contributed by atoms with Crippen LogP contribution in [-0.4, -0.2) is 23.9 Å². The highest BCUT2D eigenvalue weighted by molar-refractivity contribution is 9.10. The van der Waals surface area contributed by atoms with Crippen LogP contribution < -0.4 is 9.47 Å². The van der Waals surface area contributed by atoms with E-state index in [1.165, 1.54) is 31.4 Å². The van der Waals surface area contributed by atoms with Crippen molar-refractivity contribution in [2.45, 2.75) is 6.61 Å². The predicted octanol–water partition coefficient (Wildman–Crippen LogP) is 6.71. The molecule has 11 heteroatoms. The Balaban J connectivity index is 1.62. The Bertz CT molecular complexity index is 1410. The molecule has 0 aromatic heterocycles. The molecule has 1 aliphatic rings. The molecule has 0 atom stereocenters. The fourth-order valence-electron chi connectivity index (χ4n) is 3.22. The molecule has 178 valence electrons. The summed E-state index contributed by atoms with van der Waals surface area (Å²) in [5.41, 5.74) is 1.50. The maximum atomic E-state index is 12.4. The van der Waals surface area contributed by atoms with Gasteiger partial charge < -0.3 is 14.2 Å². The van der Waals surface area contributed by atoms with E-state index in [2.05, 4.69) is 36.9 Å². The number of aliphatic imine (C=N–C) groups is 1. The van der Waals surface area contributed by atoms with Crippen molar-refractivity contribution in [3.05, 3.63) is 101 Å². The number of hydrogen-bond acceptors (Lipinski definition) is 7. The van der Waals surface area contributed by atoms with Crippen molar-refractivity contribution >= 4 is 67.1 Å². The normalized spacial score (nSPS) is 14.0. The smallest absolute Gasteiger partial charge is 0.363 e. The molecule has 35 heavy (non-hydrogen) atoms. The van der Waals surface area contributed by atoms with Gasteiger partial charge in [0, 0.05) is 16.6 Å². The van der Waals surface area contributed by atoms with E-state index < -0.39 is 10.9 Å². The topological polar surface area (TPSA) is 100 Å². The second-order valence-electron chi connectivity index (χ2n) is 7.21. The van der Waals surface area contributed by atoms with Crippen LogP contribution in [0.2, 0.25) is 5.02 Å². The molecular weight excluding hydrogens is 608 g/mol. The molecule has 0 radical (unpaired) electrons. The molecule has 4 rings (SSSR count). The van der Waals surface area contributed by atoms with Crippen LogP contribution in [0.1, 0.15) is 16.7 Å². The molecule has 0 spiro atoms. The zero-order valence-corrected chi connectivity index (χ0v) is 21.9. The van der Waals surface area contributed by atoms with Crippen LogP contribution in [0.5, 0.6) is 11.5 Å². The van der Waals surface area contributed by atoms with Crippen molar-refractivity contribution in [2.75, 3.05) is 7.11 Å². The van der Waals surface area contributed by atoms with Gasteiger partial charge in [0.15, 0.2) is 17.2 Å². The summed E-state index contributed by atoms with van der Waals surface area (Å²) in [5, 5.41) is 11.3. The largest absolute Gasteiger partial charge is 0.493 e. The van der Waals surface area contributed by atoms with Crippen molar-refractivity contribution in [1.82, 2.24) is 0 Å². The molecule has 3 aromatic rings. The lowest BCUT2D eigenvalue weighted by Crippen LogP contribution is -2.06. The molecule has 0 aliphatic carbocycles. The van der Waals surface area contributed by atoms with Gasteiger partial charge in [-0.05, 0) is 63.5 Å². The van der Waals surface area contributed by atoms with Crippen LogP contribution in [0.3, 0.4) is 0 Å². The van der Waals surface area contributed by atoms with Gasteiger partial charge in [0.2, 0.25) is 5.90 Å². The first-order valence-electron chi connectivity index (χ1n) is 9.97. The number of cyclic esters (lactones) is 1. The number of nitro groups is 1. The molecule has 3 aromatic carbocycles. The van der Waals surface area contributed by atoms with Gasteiger partial charge in [-0.25, -0.2) is 9.79 Å². The molecule has 0 N–H and O–H groups in total. The molecule has 1 heterocycles. The Morgan fingerprint density at radius 1 is 1.17 bits per heavy atom. The van der Waals surface area contributed by atoms with E-state index in [1.807, 2.05) is 24.3 Å². The summed E-state index contributed by atoms with van der Waals surface area (Å²) in [6.45, 7) is 0.318. The second kappa shape index (κ2) is 10.6. The molecule has 0 saturated heterocycles. The standard InChI is InChI=1S/C24H15Br2ClN2O6/c1-33-21-10-14(8-18(26)22(21)34-12-13-3-2-4-15(25)7-13)9-20-24(30)35-23(28-20)17-11-16(29(31)32)5-6-19(17)27/h2-11H,12H2,1H3/b20-9-. The van der Waals surface area contributed by atoms with Crippen LogP contribution >= 0.6 is 43.5 Å². The second-order valence-corrected chi connectivity index (χ2v) is 9.39. The number of esters is 1. The monoisotopic (exact) mass is 620 g/mol. The number of hydrogen-bond donors (Lipinski definition) is 0. The summed E-state index contributed by atoms with van der Waals surface area (Å²) in [6, 6.07) is 15.0. The van der Waals surface area contributed by atoms with Gasteiger partial charge in [-0.3, -0.25) is 10.1 Å². The fraction of sp³-hybridized carbons (Fsp3) is 0.0833. The number of nitro benzene ring substituents is 1. The summed E-state index contributed by atoms with van der Waals surface area (Å²) in [7, 11) is 1.51. The zero-order chi connectivity index (χ0) is 25.1. The Labute approximate surface area is 221 Å². The molecule has 0 bridgehead atoms. The minimum absolute atomic E-state index is 0.000620. The average molecular weight is 623 g/mol. The molecule has 0 unspecified atom stereocenters. The third kappa shape index (κ3) is 5.72. The summed E-state index contributed by atoms with van der Waals surface area (Å²) in [4.78, 5) is 27.1. The lowest BCUT2D eigenvalue weighted by molar-refractivity contribution is -0.384. The summed E-state index contributed by atoms with van der Waals surface area (Å²) >= 11 is 13.1. The Morgan fingerprint density at radius 2 is 1.97 bits per heavy atom. The van der Waals surface area contributed by atoms with Crippen molar-refractivity contribution < 1.29 is 23.9 Å². The molecular formula is C24H15Br2ClN2O6.